The van der Waals surface area contributed by atoms with Crippen LogP contribution in [0.5, 0.6) is 5.75 Å². The van der Waals surface area contributed by atoms with Crippen LogP contribution >= 0.6 is 0 Å². The predicted octanol–water partition coefficient (Wildman–Crippen LogP) is 2.96. The van der Waals surface area contributed by atoms with E-state index in [0.29, 0.717) is 5.95 Å². The van der Waals surface area contributed by atoms with Gasteiger partial charge in [0.25, 0.3) is 5.56 Å². The number of ether oxygens (including phenoxy) is 1. The summed E-state index contributed by atoms with van der Waals surface area (Å²) in [5, 5.41) is 4.13. The Morgan fingerprint density at radius 2 is 2.17 bits per heavy atom. The second-order valence-electron chi connectivity index (χ2n) is 5.41. The minimum Gasteiger partial charge on any atom is -0.490 e. The second kappa shape index (κ2) is 8.12. The number of para-hydroxylation sites is 1. The quantitative estimate of drug-likeness (QED) is 0.608. The first-order valence-electron chi connectivity index (χ1n) is 7.73. The third kappa shape index (κ3) is 5.25. The first-order valence-corrected chi connectivity index (χ1v) is 7.73. The van der Waals surface area contributed by atoms with Gasteiger partial charge < -0.3 is 4.74 Å². The van der Waals surface area contributed by atoms with Gasteiger partial charge in [0.05, 0.1) is 12.3 Å². The van der Waals surface area contributed by atoms with E-state index >= 15 is 0 Å². The highest BCUT2D eigenvalue weighted by Gasteiger charge is 2.03. The number of nitrogens with one attached hydrogen (secondary N) is 2. The molecule has 0 aliphatic heterocycles. The SMILES string of the molecule is CCCc1cc(=O)[nH]c(N/N=C/c2ccccc2OC(C)C)n1. The number of nitrogens with zero attached hydrogens (tertiary/aromatic N) is 2. The van der Waals surface area contributed by atoms with E-state index in [2.05, 4.69) is 20.5 Å². The first kappa shape index (κ1) is 16.7. The molecule has 0 unspecified atom stereocenters. The molecule has 2 aromatic rings. The molecule has 0 saturated carbocycles. The molecule has 0 aliphatic rings. The number of aromatic amines is 1. The summed E-state index contributed by atoms with van der Waals surface area (Å²) in [7, 11) is 0. The molecule has 0 radical (unpaired) electrons. The monoisotopic (exact) mass is 314 g/mol. The summed E-state index contributed by atoms with van der Waals surface area (Å²) >= 11 is 0. The van der Waals surface area contributed by atoms with Gasteiger partial charge in [0.15, 0.2) is 0 Å². The summed E-state index contributed by atoms with van der Waals surface area (Å²) < 4.78 is 5.73. The van der Waals surface area contributed by atoms with E-state index in [1.807, 2.05) is 45.0 Å². The lowest BCUT2D eigenvalue weighted by Gasteiger charge is -2.11. The van der Waals surface area contributed by atoms with Gasteiger partial charge in [-0.15, -0.1) is 0 Å². The Hall–Kier alpha value is -2.63. The van der Waals surface area contributed by atoms with Crippen molar-refractivity contribution in [1.29, 1.82) is 0 Å². The lowest BCUT2D eigenvalue weighted by Crippen LogP contribution is -2.12. The Morgan fingerprint density at radius 1 is 1.39 bits per heavy atom. The molecule has 0 amide bonds. The minimum absolute atomic E-state index is 0.0845. The van der Waals surface area contributed by atoms with Crippen molar-refractivity contribution in [3.63, 3.8) is 0 Å². The van der Waals surface area contributed by atoms with E-state index in [0.717, 1.165) is 29.8 Å². The van der Waals surface area contributed by atoms with Crippen LogP contribution in [0.3, 0.4) is 0 Å². The third-order valence-electron chi connectivity index (χ3n) is 2.96. The molecule has 2 N–H and O–H groups in total. The average Bonchev–Trinajstić information content (AvgIpc) is 2.48. The molecule has 0 aliphatic carbocycles. The summed E-state index contributed by atoms with van der Waals surface area (Å²) in [4.78, 5) is 18.5. The molecule has 1 aromatic heterocycles. The van der Waals surface area contributed by atoms with E-state index in [4.69, 9.17) is 4.74 Å². The molecular weight excluding hydrogens is 292 g/mol. The molecule has 1 aromatic carbocycles. The first-order chi connectivity index (χ1) is 11.1. The molecule has 6 nitrogen and oxygen atoms in total. The zero-order valence-corrected chi connectivity index (χ0v) is 13.7. The van der Waals surface area contributed by atoms with E-state index in [1.165, 1.54) is 6.07 Å². The summed E-state index contributed by atoms with van der Waals surface area (Å²) in [6.45, 7) is 5.99. The van der Waals surface area contributed by atoms with Gasteiger partial charge in [-0.2, -0.15) is 5.10 Å². The fraction of sp³-hybridized carbons (Fsp3) is 0.353. The van der Waals surface area contributed by atoms with E-state index in [-0.39, 0.29) is 11.7 Å². The normalized spacial score (nSPS) is 11.1. The fourth-order valence-electron chi connectivity index (χ4n) is 2.06. The van der Waals surface area contributed by atoms with Crippen LogP contribution in [0.25, 0.3) is 0 Å². The molecule has 0 saturated heterocycles. The molecule has 122 valence electrons. The van der Waals surface area contributed by atoms with Gasteiger partial charge in [-0.05, 0) is 32.4 Å². The molecular formula is C17H22N4O2. The zero-order chi connectivity index (χ0) is 16.7. The van der Waals surface area contributed by atoms with Crippen molar-refractivity contribution in [1.82, 2.24) is 9.97 Å². The van der Waals surface area contributed by atoms with Gasteiger partial charge >= 0.3 is 0 Å². The van der Waals surface area contributed by atoms with Crippen molar-refractivity contribution in [3.05, 3.63) is 51.9 Å². The van der Waals surface area contributed by atoms with Gasteiger partial charge in [-0.3, -0.25) is 9.78 Å². The van der Waals surface area contributed by atoms with Gasteiger partial charge in [0.2, 0.25) is 5.95 Å². The zero-order valence-electron chi connectivity index (χ0n) is 13.7. The van der Waals surface area contributed by atoms with Crippen LogP contribution < -0.4 is 15.7 Å². The van der Waals surface area contributed by atoms with Crippen LogP contribution in [0.4, 0.5) is 5.95 Å². The molecule has 6 heteroatoms. The minimum atomic E-state index is -0.190. The van der Waals surface area contributed by atoms with Gasteiger partial charge in [0, 0.05) is 17.3 Å². The number of aryl methyl sites for hydroxylation is 1. The van der Waals surface area contributed by atoms with Crippen molar-refractivity contribution in [3.8, 4) is 5.75 Å². The maximum absolute atomic E-state index is 11.6. The highest BCUT2D eigenvalue weighted by atomic mass is 16.5. The van der Waals surface area contributed by atoms with Crippen molar-refractivity contribution >= 4 is 12.2 Å². The number of H-pyrrole nitrogens is 1. The van der Waals surface area contributed by atoms with Crippen molar-refractivity contribution in [2.75, 3.05) is 5.43 Å². The summed E-state index contributed by atoms with van der Waals surface area (Å²) in [5.41, 5.74) is 4.17. The van der Waals surface area contributed by atoms with Gasteiger partial charge in [-0.1, -0.05) is 25.5 Å². The van der Waals surface area contributed by atoms with E-state index in [1.54, 1.807) is 6.21 Å². The van der Waals surface area contributed by atoms with Crippen molar-refractivity contribution in [2.24, 2.45) is 5.10 Å². The molecule has 23 heavy (non-hydrogen) atoms. The number of hydrazone groups is 1. The Morgan fingerprint density at radius 3 is 2.91 bits per heavy atom. The van der Waals surface area contributed by atoms with Crippen LogP contribution in [0.1, 0.15) is 38.4 Å². The van der Waals surface area contributed by atoms with Crippen LogP contribution in [-0.4, -0.2) is 22.3 Å². The number of hydrogen-bond acceptors (Lipinski definition) is 5. The molecule has 1 heterocycles. The number of rotatable bonds is 7. The Labute approximate surface area is 135 Å². The maximum atomic E-state index is 11.6. The molecule has 0 fully saturated rings. The number of anilines is 1. The second-order valence-corrected chi connectivity index (χ2v) is 5.41. The van der Waals surface area contributed by atoms with Gasteiger partial charge in [0.1, 0.15) is 5.75 Å². The van der Waals surface area contributed by atoms with Crippen LogP contribution in [-0.2, 0) is 6.42 Å². The molecule has 0 spiro atoms. The highest BCUT2D eigenvalue weighted by molar-refractivity contribution is 5.83. The lowest BCUT2D eigenvalue weighted by molar-refractivity contribution is 0.242. The summed E-state index contributed by atoms with van der Waals surface area (Å²) in [6.07, 6.45) is 3.41. The largest absolute Gasteiger partial charge is 0.490 e. The van der Waals surface area contributed by atoms with Crippen molar-refractivity contribution in [2.45, 2.75) is 39.7 Å². The topological polar surface area (TPSA) is 79.4 Å². The summed E-state index contributed by atoms with van der Waals surface area (Å²) in [6, 6.07) is 9.13. The Bertz CT molecular complexity index is 723. The number of hydrogen-bond donors (Lipinski definition) is 2. The lowest BCUT2D eigenvalue weighted by atomic mass is 10.2. The molecule has 0 bridgehead atoms. The Kier molecular flexibility index (Phi) is 5.91. The molecule has 0 atom stereocenters. The average molecular weight is 314 g/mol. The van der Waals surface area contributed by atoms with Gasteiger partial charge in [-0.25, -0.2) is 10.4 Å². The maximum Gasteiger partial charge on any atom is 0.252 e. The number of benzene rings is 1. The standard InChI is InChI=1S/C17H22N4O2/c1-4-7-14-10-16(22)20-17(19-14)21-18-11-13-8-5-6-9-15(13)23-12(2)3/h5-6,8-12H,4,7H2,1-3H3,(H2,19,20,21,22)/b18-11+. The van der Waals surface area contributed by atoms with Crippen LogP contribution in [0.2, 0.25) is 0 Å². The third-order valence-corrected chi connectivity index (χ3v) is 2.96. The highest BCUT2D eigenvalue weighted by Crippen LogP contribution is 2.17. The smallest absolute Gasteiger partial charge is 0.252 e. The molecule has 2 rings (SSSR count). The fourth-order valence-corrected chi connectivity index (χ4v) is 2.06. The Balaban J connectivity index is 2.12. The van der Waals surface area contributed by atoms with Crippen LogP contribution in [0, 0.1) is 0 Å². The van der Waals surface area contributed by atoms with E-state index in [9.17, 15) is 4.79 Å². The van der Waals surface area contributed by atoms with Crippen molar-refractivity contribution < 1.29 is 4.74 Å². The number of aromatic nitrogens is 2. The van der Waals surface area contributed by atoms with E-state index < -0.39 is 0 Å². The summed E-state index contributed by atoms with van der Waals surface area (Å²) in [5.74, 6) is 1.09. The van der Waals surface area contributed by atoms with Crippen LogP contribution in [0.15, 0.2) is 40.2 Å². The predicted molar refractivity (Wildman–Crippen MR) is 92.3 cm³/mol.